The number of halogens is 1. The quantitative estimate of drug-likeness (QED) is 0.356. The monoisotopic (exact) mass is 403 g/mol. The second-order valence-corrected chi connectivity index (χ2v) is 5.09. The molecule has 1 aromatic rings. The highest BCUT2D eigenvalue weighted by molar-refractivity contribution is 14.0. The van der Waals surface area contributed by atoms with Gasteiger partial charge in [0.25, 0.3) is 0 Å². The first-order valence-electron chi connectivity index (χ1n) is 7.52. The van der Waals surface area contributed by atoms with Crippen LogP contribution in [0.15, 0.2) is 29.3 Å². The van der Waals surface area contributed by atoms with E-state index in [9.17, 15) is 0 Å². The number of rotatable bonds is 5. The predicted molar refractivity (Wildman–Crippen MR) is 98.9 cm³/mol. The van der Waals surface area contributed by atoms with Gasteiger partial charge in [-0.25, -0.2) is 4.99 Å². The number of nitrogens with one attached hydrogen (secondary N) is 1. The summed E-state index contributed by atoms with van der Waals surface area (Å²) >= 11 is 0. The van der Waals surface area contributed by atoms with E-state index in [1.54, 1.807) is 0 Å². The number of aryl methyl sites for hydroxylation is 1. The Kier molecular flexibility index (Phi) is 8.49. The third kappa shape index (κ3) is 6.11. The molecule has 0 radical (unpaired) electrons. The van der Waals surface area contributed by atoms with E-state index in [2.05, 4.69) is 41.2 Å². The molecule has 0 unspecified atom stereocenters. The lowest BCUT2D eigenvalue weighted by molar-refractivity contribution is 0.327. The SMILES string of the molecule is CCNC(=NCCOc1cccc(C)c1)N1CCCC1.I. The number of guanidine groups is 1. The Morgan fingerprint density at radius 3 is 2.76 bits per heavy atom. The van der Waals surface area contributed by atoms with Gasteiger partial charge < -0.3 is 15.0 Å². The summed E-state index contributed by atoms with van der Waals surface area (Å²) in [4.78, 5) is 6.97. The highest BCUT2D eigenvalue weighted by atomic mass is 127. The molecular weight excluding hydrogens is 377 g/mol. The molecule has 118 valence electrons. The van der Waals surface area contributed by atoms with Gasteiger partial charge in [0.05, 0.1) is 6.54 Å². The van der Waals surface area contributed by atoms with Crippen molar-refractivity contribution in [2.75, 3.05) is 32.8 Å². The van der Waals surface area contributed by atoms with Crippen LogP contribution in [0.4, 0.5) is 0 Å². The van der Waals surface area contributed by atoms with Crippen LogP contribution in [-0.4, -0.2) is 43.6 Å². The summed E-state index contributed by atoms with van der Waals surface area (Å²) in [6.07, 6.45) is 2.54. The number of nitrogens with zero attached hydrogens (tertiary/aromatic N) is 2. The fraction of sp³-hybridized carbons (Fsp3) is 0.562. The van der Waals surface area contributed by atoms with Crippen LogP contribution in [0.1, 0.15) is 25.3 Å². The van der Waals surface area contributed by atoms with Crippen molar-refractivity contribution in [3.05, 3.63) is 29.8 Å². The maximum atomic E-state index is 5.72. The van der Waals surface area contributed by atoms with Crippen LogP contribution in [0, 0.1) is 6.92 Å². The largest absolute Gasteiger partial charge is 0.492 e. The predicted octanol–water partition coefficient (Wildman–Crippen LogP) is 3.05. The van der Waals surface area contributed by atoms with Gasteiger partial charge in [0, 0.05) is 19.6 Å². The van der Waals surface area contributed by atoms with Gasteiger partial charge in [0.1, 0.15) is 12.4 Å². The molecule has 1 aliphatic rings. The van der Waals surface area contributed by atoms with E-state index in [0.717, 1.165) is 31.3 Å². The van der Waals surface area contributed by atoms with Crippen molar-refractivity contribution in [2.24, 2.45) is 4.99 Å². The van der Waals surface area contributed by atoms with E-state index in [1.165, 1.54) is 18.4 Å². The van der Waals surface area contributed by atoms with Gasteiger partial charge in [0.15, 0.2) is 5.96 Å². The molecule has 0 amide bonds. The first-order chi connectivity index (χ1) is 9.79. The number of ether oxygens (including phenoxy) is 1. The van der Waals surface area contributed by atoms with E-state index in [4.69, 9.17) is 4.74 Å². The number of hydrogen-bond acceptors (Lipinski definition) is 2. The fourth-order valence-corrected chi connectivity index (χ4v) is 2.37. The Morgan fingerprint density at radius 2 is 2.10 bits per heavy atom. The minimum atomic E-state index is 0. The summed E-state index contributed by atoms with van der Waals surface area (Å²) in [5, 5.41) is 3.35. The molecule has 2 rings (SSSR count). The van der Waals surface area contributed by atoms with Crippen molar-refractivity contribution < 1.29 is 4.74 Å². The minimum Gasteiger partial charge on any atom is -0.492 e. The van der Waals surface area contributed by atoms with Gasteiger partial charge in [0.2, 0.25) is 0 Å². The van der Waals surface area contributed by atoms with Crippen molar-refractivity contribution in [2.45, 2.75) is 26.7 Å². The molecule has 0 atom stereocenters. The smallest absolute Gasteiger partial charge is 0.194 e. The molecule has 0 bridgehead atoms. The molecule has 21 heavy (non-hydrogen) atoms. The highest BCUT2D eigenvalue weighted by Gasteiger charge is 2.14. The summed E-state index contributed by atoms with van der Waals surface area (Å²) in [5.41, 5.74) is 1.22. The van der Waals surface area contributed by atoms with Gasteiger partial charge >= 0.3 is 0 Å². The number of hydrogen-bond donors (Lipinski definition) is 1. The number of aliphatic imine (C=N–C) groups is 1. The highest BCUT2D eigenvalue weighted by Crippen LogP contribution is 2.12. The molecule has 0 spiro atoms. The van der Waals surface area contributed by atoms with Crippen molar-refractivity contribution in [3.63, 3.8) is 0 Å². The van der Waals surface area contributed by atoms with Gasteiger partial charge in [-0.05, 0) is 44.4 Å². The van der Waals surface area contributed by atoms with Crippen molar-refractivity contribution in [1.82, 2.24) is 10.2 Å². The third-order valence-electron chi connectivity index (χ3n) is 3.35. The number of benzene rings is 1. The van der Waals surface area contributed by atoms with Crippen molar-refractivity contribution in [1.29, 1.82) is 0 Å². The fourth-order valence-electron chi connectivity index (χ4n) is 2.37. The van der Waals surface area contributed by atoms with Crippen LogP contribution in [0.2, 0.25) is 0 Å². The molecule has 1 fully saturated rings. The Hall–Kier alpha value is -0.980. The summed E-state index contributed by atoms with van der Waals surface area (Å²) in [6, 6.07) is 8.13. The van der Waals surface area contributed by atoms with Gasteiger partial charge in [-0.15, -0.1) is 24.0 Å². The standard InChI is InChI=1S/C16H25N3O.HI/c1-3-17-16(19-10-4-5-11-19)18-9-12-20-15-8-6-7-14(2)13-15;/h6-8,13H,3-5,9-12H2,1-2H3,(H,17,18);1H. The lowest BCUT2D eigenvalue weighted by Gasteiger charge is -2.20. The van der Waals surface area contributed by atoms with Gasteiger partial charge in [-0.2, -0.15) is 0 Å². The van der Waals surface area contributed by atoms with Crippen LogP contribution in [-0.2, 0) is 0 Å². The zero-order chi connectivity index (χ0) is 14.2. The van der Waals surface area contributed by atoms with E-state index in [-0.39, 0.29) is 24.0 Å². The van der Waals surface area contributed by atoms with E-state index < -0.39 is 0 Å². The molecule has 0 aliphatic carbocycles. The lowest BCUT2D eigenvalue weighted by atomic mass is 10.2. The third-order valence-corrected chi connectivity index (χ3v) is 3.35. The molecule has 1 aliphatic heterocycles. The van der Waals surface area contributed by atoms with Crippen molar-refractivity contribution in [3.8, 4) is 5.75 Å². The van der Waals surface area contributed by atoms with Crippen LogP contribution in [0.25, 0.3) is 0 Å². The van der Waals surface area contributed by atoms with E-state index in [0.29, 0.717) is 13.2 Å². The topological polar surface area (TPSA) is 36.9 Å². The van der Waals surface area contributed by atoms with Gasteiger partial charge in [-0.1, -0.05) is 12.1 Å². The Morgan fingerprint density at radius 1 is 1.33 bits per heavy atom. The maximum Gasteiger partial charge on any atom is 0.194 e. The maximum absolute atomic E-state index is 5.72. The van der Waals surface area contributed by atoms with Crippen LogP contribution >= 0.6 is 24.0 Å². The average Bonchev–Trinajstić information content (AvgIpc) is 2.96. The van der Waals surface area contributed by atoms with Crippen LogP contribution in [0.5, 0.6) is 5.75 Å². The second kappa shape index (κ2) is 9.87. The minimum absolute atomic E-state index is 0. The molecule has 1 aromatic carbocycles. The summed E-state index contributed by atoms with van der Waals surface area (Å²) in [5.74, 6) is 1.95. The van der Waals surface area contributed by atoms with Crippen molar-refractivity contribution >= 4 is 29.9 Å². The summed E-state index contributed by atoms with van der Waals surface area (Å²) < 4.78 is 5.72. The summed E-state index contributed by atoms with van der Waals surface area (Å²) in [7, 11) is 0. The molecule has 1 saturated heterocycles. The Balaban J connectivity index is 0.00000220. The Bertz CT molecular complexity index is 445. The zero-order valence-corrected chi connectivity index (χ0v) is 15.3. The zero-order valence-electron chi connectivity index (χ0n) is 13.0. The molecule has 1 N–H and O–H groups in total. The Labute approximate surface area is 145 Å². The molecule has 4 nitrogen and oxygen atoms in total. The van der Waals surface area contributed by atoms with Crippen LogP contribution < -0.4 is 10.1 Å². The second-order valence-electron chi connectivity index (χ2n) is 5.09. The first-order valence-corrected chi connectivity index (χ1v) is 7.52. The van der Waals surface area contributed by atoms with E-state index in [1.807, 2.05) is 12.1 Å². The molecule has 0 saturated carbocycles. The molecular formula is C16H26IN3O. The molecule has 5 heteroatoms. The summed E-state index contributed by atoms with van der Waals surface area (Å²) in [6.45, 7) is 8.62. The lowest BCUT2D eigenvalue weighted by Crippen LogP contribution is -2.39. The first kappa shape index (κ1) is 18.1. The van der Waals surface area contributed by atoms with Gasteiger partial charge in [-0.3, -0.25) is 0 Å². The number of likely N-dealkylation sites (tertiary alicyclic amines) is 1. The molecule has 1 heterocycles. The van der Waals surface area contributed by atoms with E-state index >= 15 is 0 Å². The van der Waals surface area contributed by atoms with Crippen LogP contribution in [0.3, 0.4) is 0 Å². The average molecular weight is 403 g/mol. The normalized spacial score (nSPS) is 14.8. The molecule has 0 aromatic heterocycles.